The molecule has 1 aromatic carbocycles. The first-order chi connectivity index (χ1) is 17.1. The SMILES string of the molecule is CCOc1nc(C(=O)NCC2CCN(Cc3ccc(-c4cnccn4)cc3)CC2)cc(N)c1C#N. The van der Waals surface area contributed by atoms with Crippen molar-refractivity contribution in [2.75, 3.05) is 32.0 Å². The van der Waals surface area contributed by atoms with Gasteiger partial charge >= 0.3 is 0 Å². The highest BCUT2D eigenvalue weighted by Crippen LogP contribution is 2.23. The summed E-state index contributed by atoms with van der Waals surface area (Å²) >= 11 is 0. The van der Waals surface area contributed by atoms with Gasteiger partial charge in [-0.2, -0.15) is 5.26 Å². The van der Waals surface area contributed by atoms with Crippen LogP contribution in [-0.2, 0) is 6.54 Å². The quantitative estimate of drug-likeness (QED) is 0.513. The number of carbonyl (C=O) groups is 1. The topological polar surface area (TPSA) is 130 Å². The van der Waals surface area contributed by atoms with E-state index in [1.807, 2.05) is 6.07 Å². The number of hydrogen-bond donors (Lipinski definition) is 2. The van der Waals surface area contributed by atoms with Gasteiger partial charge in [0.15, 0.2) is 0 Å². The van der Waals surface area contributed by atoms with Gasteiger partial charge in [-0.1, -0.05) is 24.3 Å². The summed E-state index contributed by atoms with van der Waals surface area (Å²) in [5.74, 6) is 0.183. The number of carbonyl (C=O) groups excluding carboxylic acids is 1. The van der Waals surface area contributed by atoms with Crippen LogP contribution in [0.15, 0.2) is 48.9 Å². The van der Waals surface area contributed by atoms with Crippen molar-refractivity contribution in [3.05, 3.63) is 65.7 Å². The molecule has 1 aliphatic heterocycles. The smallest absolute Gasteiger partial charge is 0.270 e. The zero-order chi connectivity index (χ0) is 24.6. The molecule has 3 heterocycles. The zero-order valence-electron chi connectivity index (χ0n) is 19.8. The van der Waals surface area contributed by atoms with Crippen LogP contribution in [0.2, 0.25) is 0 Å². The summed E-state index contributed by atoms with van der Waals surface area (Å²) in [5, 5.41) is 12.2. The molecular formula is C26H29N7O2. The van der Waals surface area contributed by atoms with Crippen molar-refractivity contribution in [2.45, 2.75) is 26.3 Å². The number of ether oxygens (including phenoxy) is 1. The summed E-state index contributed by atoms with van der Waals surface area (Å²) in [5.41, 5.74) is 9.61. The number of hydrogen-bond acceptors (Lipinski definition) is 8. The molecule has 1 fully saturated rings. The molecule has 1 amide bonds. The zero-order valence-corrected chi connectivity index (χ0v) is 19.8. The monoisotopic (exact) mass is 471 g/mol. The van der Waals surface area contributed by atoms with Gasteiger partial charge in [0.2, 0.25) is 5.88 Å². The number of nitriles is 1. The maximum atomic E-state index is 12.6. The Morgan fingerprint density at radius 3 is 2.69 bits per heavy atom. The van der Waals surface area contributed by atoms with E-state index in [0.29, 0.717) is 19.1 Å². The summed E-state index contributed by atoms with van der Waals surface area (Å²) in [6.45, 7) is 5.54. The molecule has 0 spiro atoms. The lowest BCUT2D eigenvalue weighted by molar-refractivity contribution is 0.0929. The van der Waals surface area contributed by atoms with E-state index in [4.69, 9.17) is 10.5 Å². The highest BCUT2D eigenvalue weighted by atomic mass is 16.5. The van der Waals surface area contributed by atoms with E-state index < -0.39 is 0 Å². The molecule has 2 aromatic heterocycles. The number of rotatable bonds is 8. The maximum Gasteiger partial charge on any atom is 0.270 e. The van der Waals surface area contributed by atoms with Crippen LogP contribution in [0.25, 0.3) is 11.3 Å². The minimum Gasteiger partial charge on any atom is -0.477 e. The van der Waals surface area contributed by atoms with E-state index in [0.717, 1.165) is 43.7 Å². The summed E-state index contributed by atoms with van der Waals surface area (Å²) in [6.07, 6.45) is 7.15. The number of pyridine rings is 1. The first kappa shape index (κ1) is 24.1. The van der Waals surface area contributed by atoms with Gasteiger partial charge in [0, 0.05) is 31.0 Å². The van der Waals surface area contributed by atoms with E-state index in [9.17, 15) is 10.1 Å². The molecule has 0 unspecified atom stereocenters. The third-order valence-corrected chi connectivity index (χ3v) is 6.12. The lowest BCUT2D eigenvalue weighted by Crippen LogP contribution is -2.38. The maximum absolute atomic E-state index is 12.6. The molecule has 4 rings (SSSR count). The van der Waals surface area contributed by atoms with Crippen molar-refractivity contribution in [2.24, 2.45) is 5.92 Å². The van der Waals surface area contributed by atoms with Crippen molar-refractivity contribution in [1.29, 1.82) is 5.26 Å². The first-order valence-electron chi connectivity index (χ1n) is 11.8. The number of likely N-dealkylation sites (tertiary alicyclic amines) is 1. The molecule has 180 valence electrons. The second kappa shape index (κ2) is 11.4. The number of benzene rings is 1. The molecular weight excluding hydrogens is 442 g/mol. The van der Waals surface area contributed by atoms with Crippen LogP contribution >= 0.6 is 0 Å². The summed E-state index contributed by atoms with van der Waals surface area (Å²) in [4.78, 5) is 27.7. The predicted octanol–water partition coefficient (Wildman–Crippen LogP) is 3.03. The molecule has 35 heavy (non-hydrogen) atoms. The minimum atomic E-state index is -0.312. The molecule has 0 radical (unpaired) electrons. The Morgan fingerprint density at radius 1 is 1.26 bits per heavy atom. The van der Waals surface area contributed by atoms with Crippen LogP contribution < -0.4 is 15.8 Å². The number of aromatic nitrogens is 3. The van der Waals surface area contributed by atoms with Crippen LogP contribution in [0.1, 0.15) is 41.4 Å². The molecule has 1 aliphatic rings. The Balaban J connectivity index is 1.25. The van der Waals surface area contributed by atoms with Crippen LogP contribution in [0, 0.1) is 17.2 Å². The molecule has 3 N–H and O–H groups in total. The molecule has 0 saturated carbocycles. The largest absolute Gasteiger partial charge is 0.477 e. The molecule has 9 heteroatoms. The lowest BCUT2D eigenvalue weighted by atomic mass is 9.96. The Hall–Kier alpha value is -4.03. The van der Waals surface area contributed by atoms with E-state index in [2.05, 4.69) is 49.4 Å². The summed E-state index contributed by atoms with van der Waals surface area (Å²) < 4.78 is 5.38. The predicted molar refractivity (Wildman–Crippen MR) is 132 cm³/mol. The van der Waals surface area contributed by atoms with Crippen molar-refractivity contribution in [3.8, 4) is 23.2 Å². The van der Waals surface area contributed by atoms with Gasteiger partial charge in [0.25, 0.3) is 5.91 Å². The normalized spacial score (nSPS) is 14.3. The highest BCUT2D eigenvalue weighted by Gasteiger charge is 2.21. The Bertz CT molecular complexity index is 1180. The number of nitrogens with zero attached hydrogens (tertiary/aromatic N) is 5. The van der Waals surface area contributed by atoms with E-state index in [1.165, 1.54) is 11.6 Å². The Labute approximate surface area is 205 Å². The fraction of sp³-hybridized carbons (Fsp3) is 0.346. The fourth-order valence-electron chi connectivity index (χ4n) is 4.17. The van der Waals surface area contributed by atoms with Crippen LogP contribution in [0.3, 0.4) is 0 Å². The molecule has 3 aromatic rings. The molecule has 0 atom stereocenters. The van der Waals surface area contributed by atoms with Gasteiger partial charge in [-0.05, 0) is 50.4 Å². The Kier molecular flexibility index (Phi) is 7.85. The van der Waals surface area contributed by atoms with Crippen molar-refractivity contribution < 1.29 is 9.53 Å². The summed E-state index contributed by atoms with van der Waals surface area (Å²) in [6, 6.07) is 11.9. The minimum absolute atomic E-state index is 0.0955. The average molecular weight is 472 g/mol. The number of nitrogen functional groups attached to an aromatic ring is 1. The van der Waals surface area contributed by atoms with Crippen LogP contribution in [0.5, 0.6) is 5.88 Å². The van der Waals surface area contributed by atoms with Crippen molar-refractivity contribution >= 4 is 11.6 Å². The van der Waals surface area contributed by atoms with Gasteiger partial charge in [-0.15, -0.1) is 0 Å². The van der Waals surface area contributed by atoms with Gasteiger partial charge in [-0.3, -0.25) is 19.7 Å². The second-order valence-electron chi connectivity index (χ2n) is 8.54. The first-order valence-corrected chi connectivity index (χ1v) is 11.8. The van der Waals surface area contributed by atoms with E-state index in [1.54, 1.807) is 25.5 Å². The third-order valence-electron chi connectivity index (χ3n) is 6.12. The molecule has 0 aliphatic carbocycles. The standard InChI is InChI=1S/C26H29N7O2/c1-2-35-26-21(14-27)22(28)13-23(32-26)25(34)31-15-18-7-11-33(12-8-18)17-19-3-5-20(6-4-19)24-16-29-9-10-30-24/h3-6,9-10,13,16,18H,2,7-8,11-12,15,17H2,1H3,(H2,28,32)(H,31,34). The average Bonchev–Trinajstić information content (AvgIpc) is 2.89. The fourth-order valence-corrected chi connectivity index (χ4v) is 4.17. The number of anilines is 1. The van der Waals surface area contributed by atoms with Gasteiger partial charge in [0.1, 0.15) is 17.3 Å². The van der Waals surface area contributed by atoms with E-state index >= 15 is 0 Å². The van der Waals surface area contributed by atoms with Gasteiger partial charge in [-0.25, -0.2) is 4.98 Å². The van der Waals surface area contributed by atoms with E-state index in [-0.39, 0.29) is 28.7 Å². The number of nitrogens with one attached hydrogen (secondary N) is 1. The number of amides is 1. The highest BCUT2D eigenvalue weighted by molar-refractivity contribution is 5.93. The van der Waals surface area contributed by atoms with Crippen molar-refractivity contribution in [3.63, 3.8) is 0 Å². The van der Waals surface area contributed by atoms with Crippen LogP contribution in [0.4, 0.5) is 5.69 Å². The molecule has 9 nitrogen and oxygen atoms in total. The molecule has 0 bridgehead atoms. The van der Waals surface area contributed by atoms with Crippen LogP contribution in [-0.4, -0.2) is 52.0 Å². The lowest BCUT2D eigenvalue weighted by Gasteiger charge is -2.32. The second-order valence-corrected chi connectivity index (χ2v) is 8.54. The van der Waals surface area contributed by atoms with Gasteiger partial charge in [0.05, 0.1) is 24.2 Å². The number of nitrogens with two attached hydrogens (primary N) is 1. The third kappa shape index (κ3) is 6.11. The number of piperidine rings is 1. The Morgan fingerprint density at radius 2 is 2.03 bits per heavy atom. The van der Waals surface area contributed by atoms with Gasteiger partial charge < -0.3 is 15.8 Å². The molecule has 1 saturated heterocycles. The summed E-state index contributed by atoms with van der Waals surface area (Å²) in [7, 11) is 0. The van der Waals surface area contributed by atoms with Crippen molar-refractivity contribution in [1.82, 2.24) is 25.2 Å².